The van der Waals surface area contributed by atoms with Crippen LogP contribution in [0.3, 0.4) is 0 Å². The third kappa shape index (κ3) is 9.39. The molecule has 0 aliphatic heterocycles. The van der Waals surface area contributed by atoms with E-state index in [9.17, 15) is 0 Å². The number of hydrogen-bond donors (Lipinski definition) is 2. The van der Waals surface area contributed by atoms with E-state index in [2.05, 4.69) is 0 Å². The van der Waals surface area contributed by atoms with Gasteiger partial charge in [-0.05, 0) is 12.8 Å². The lowest BCUT2D eigenvalue weighted by molar-refractivity contribution is 0.0690. The number of hydrogen-bond acceptors (Lipinski definition) is 3. The lowest BCUT2D eigenvalue weighted by Crippen LogP contribution is -2.09. The Hall–Kier alpha value is -0.610. The second-order valence-corrected chi connectivity index (χ2v) is 2.59. The molecule has 0 saturated carbocycles. The van der Waals surface area contributed by atoms with Gasteiger partial charge in [0.15, 0.2) is 0 Å². The molecule has 0 rings (SSSR count). The van der Waals surface area contributed by atoms with Crippen LogP contribution in [0.15, 0.2) is 0 Å². The van der Waals surface area contributed by atoms with Crippen molar-refractivity contribution in [1.29, 1.82) is 5.41 Å². The fourth-order valence-corrected chi connectivity index (χ4v) is 0.764. The molecule has 0 aromatic rings. The molecule has 0 unspecified atom stereocenters. The summed E-state index contributed by atoms with van der Waals surface area (Å²) in [4.78, 5) is 0. The molecule has 4 nitrogen and oxygen atoms in total. The summed E-state index contributed by atoms with van der Waals surface area (Å²) in [6, 6.07) is 0. The zero-order valence-corrected chi connectivity index (χ0v) is 7.64. The standard InChI is InChI=1S/C8H18N2O2/c1-11-6-7-12-5-3-2-4-8(9)10/h2-7H2,1H3,(H3,9,10). The molecule has 72 valence electrons. The molecule has 0 aliphatic carbocycles. The van der Waals surface area contributed by atoms with Crippen LogP contribution in [-0.2, 0) is 9.47 Å². The summed E-state index contributed by atoms with van der Waals surface area (Å²) in [5.41, 5.74) is 5.18. The molecular formula is C8H18N2O2. The summed E-state index contributed by atoms with van der Waals surface area (Å²) in [5.74, 6) is 0.256. The van der Waals surface area contributed by atoms with Gasteiger partial charge in [-0.1, -0.05) is 0 Å². The molecule has 0 atom stereocenters. The van der Waals surface area contributed by atoms with E-state index < -0.39 is 0 Å². The molecule has 0 aromatic heterocycles. The van der Waals surface area contributed by atoms with Crippen molar-refractivity contribution in [3.63, 3.8) is 0 Å². The minimum Gasteiger partial charge on any atom is -0.388 e. The number of amidine groups is 1. The van der Waals surface area contributed by atoms with Crippen molar-refractivity contribution in [2.45, 2.75) is 19.3 Å². The van der Waals surface area contributed by atoms with E-state index in [0.717, 1.165) is 19.4 Å². The Labute approximate surface area is 73.5 Å². The SMILES string of the molecule is COCCOCCCCC(=N)N. The summed E-state index contributed by atoms with van der Waals surface area (Å²) >= 11 is 0. The highest BCUT2D eigenvalue weighted by molar-refractivity contribution is 5.76. The summed E-state index contributed by atoms with van der Waals surface area (Å²) in [6.07, 6.45) is 2.57. The van der Waals surface area contributed by atoms with E-state index in [1.54, 1.807) is 7.11 Å². The van der Waals surface area contributed by atoms with Crippen molar-refractivity contribution in [3.05, 3.63) is 0 Å². The van der Waals surface area contributed by atoms with Gasteiger partial charge in [0.2, 0.25) is 0 Å². The van der Waals surface area contributed by atoms with E-state index in [4.69, 9.17) is 20.6 Å². The number of rotatable bonds is 8. The van der Waals surface area contributed by atoms with Crippen LogP contribution >= 0.6 is 0 Å². The van der Waals surface area contributed by atoms with Crippen LogP contribution in [-0.4, -0.2) is 32.8 Å². The molecule has 3 N–H and O–H groups in total. The van der Waals surface area contributed by atoms with Crippen LogP contribution in [0.1, 0.15) is 19.3 Å². The molecule has 0 radical (unpaired) electrons. The lowest BCUT2D eigenvalue weighted by atomic mass is 10.2. The van der Waals surface area contributed by atoms with E-state index in [-0.39, 0.29) is 5.84 Å². The number of unbranched alkanes of at least 4 members (excludes halogenated alkanes) is 1. The molecular weight excluding hydrogens is 156 g/mol. The summed E-state index contributed by atoms with van der Waals surface area (Å²) in [6.45, 7) is 2.03. The normalized spacial score (nSPS) is 10.1. The van der Waals surface area contributed by atoms with Crippen LogP contribution in [0.4, 0.5) is 0 Å². The fourth-order valence-electron chi connectivity index (χ4n) is 0.764. The third-order valence-corrected chi connectivity index (χ3v) is 1.42. The second kappa shape index (κ2) is 8.49. The maximum absolute atomic E-state index is 6.96. The predicted octanol–water partition coefficient (Wildman–Crippen LogP) is 0.756. The quantitative estimate of drug-likeness (QED) is 0.324. The van der Waals surface area contributed by atoms with E-state index in [1.165, 1.54) is 0 Å². The first-order chi connectivity index (χ1) is 5.77. The van der Waals surface area contributed by atoms with Crippen LogP contribution in [0.2, 0.25) is 0 Å². The average Bonchev–Trinajstić information content (AvgIpc) is 2.02. The molecule has 0 heterocycles. The maximum atomic E-state index is 6.96. The van der Waals surface area contributed by atoms with Crippen molar-refractivity contribution >= 4 is 5.84 Å². The van der Waals surface area contributed by atoms with E-state index >= 15 is 0 Å². The first-order valence-electron chi connectivity index (χ1n) is 4.17. The van der Waals surface area contributed by atoms with Gasteiger partial charge in [0.1, 0.15) is 0 Å². The Kier molecular flexibility index (Phi) is 8.05. The van der Waals surface area contributed by atoms with E-state index in [0.29, 0.717) is 19.6 Å². The maximum Gasteiger partial charge on any atom is 0.0905 e. The minimum absolute atomic E-state index is 0.256. The largest absolute Gasteiger partial charge is 0.388 e. The van der Waals surface area contributed by atoms with Gasteiger partial charge in [-0.15, -0.1) is 0 Å². The Bertz CT molecular complexity index is 118. The zero-order valence-electron chi connectivity index (χ0n) is 7.64. The van der Waals surface area contributed by atoms with Crippen LogP contribution in [0.25, 0.3) is 0 Å². The Balaban J connectivity index is 2.86. The van der Waals surface area contributed by atoms with Crippen molar-refractivity contribution in [1.82, 2.24) is 0 Å². The molecule has 12 heavy (non-hydrogen) atoms. The van der Waals surface area contributed by atoms with Gasteiger partial charge in [0, 0.05) is 20.1 Å². The zero-order chi connectivity index (χ0) is 9.23. The molecule has 0 spiro atoms. The smallest absolute Gasteiger partial charge is 0.0905 e. The van der Waals surface area contributed by atoms with Gasteiger partial charge in [0.25, 0.3) is 0 Å². The van der Waals surface area contributed by atoms with Gasteiger partial charge >= 0.3 is 0 Å². The Morgan fingerprint density at radius 3 is 2.58 bits per heavy atom. The summed E-state index contributed by atoms with van der Waals surface area (Å²) in [7, 11) is 1.65. The van der Waals surface area contributed by atoms with Crippen LogP contribution in [0.5, 0.6) is 0 Å². The van der Waals surface area contributed by atoms with Crippen LogP contribution in [0, 0.1) is 5.41 Å². The molecule has 0 aromatic carbocycles. The van der Waals surface area contributed by atoms with Crippen molar-refractivity contribution in [2.75, 3.05) is 26.9 Å². The number of nitrogens with one attached hydrogen (secondary N) is 1. The lowest BCUT2D eigenvalue weighted by Gasteiger charge is -2.02. The highest BCUT2D eigenvalue weighted by atomic mass is 16.5. The second-order valence-electron chi connectivity index (χ2n) is 2.59. The van der Waals surface area contributed by atoms with Gasteiger partial charge in [-0.2, -0.15) is 0 Å². The molecule has 0 amide bonds. The molecule has 4 heteroatoms. The van der Waals surface area contributed by atoms with Crippen LogP contribution < -0.4 is 5.73 Å². The van der Waals surface area contributed by atoms with Crippen molar-refractivity contribution < 1.29 is 9.47 Å². The molecule has 0 saturated heterocycles. The monoisotopic (exact) mass is 174 g/mol. The Morgan fingerprint density at radius 1 is 1.25 bits per heavy atom. The number of ether oxygens (including phenoxy) is 2. The first-order valence-corrected chi connectivity index (χ1v) is 4.17. The molecule has 0 fully saturated rings. The highest BCUT2D eigenvalue weighted by Gasteiger charge is 1.91. The fraction of sp³-hybridized carbons (Fsp3) is 0.875. The summed E-state index contributed by atoms with van der Waals surface area (Å²) in [5, 5.41) is 6.96. The van der Waals surface area contributed by atoms with Gasteiger partial charge in [-0.3, -0.25) is 5.41 Å². The third-order valence-electron chi connectivity index (χ3n) is 1.42. The van der Waals surface area contributed by atoms with Gasteiger partial charge in [0.05, 0.1) is 19.0 Å². The minimum atomic E-state index is 0.256. The van der Waals surface area contributed by atoms with Crippen molar-refractivity contribution in [2.24, 2.45) is 5.73 Å². The highest BCUT2D eigenvalue weighted by Crippen LogP contribution is 1.94. The topological polar surface area (TPSA) is 68.3 Å². The summed E-state index contributed by atoms with van der Waals surface area (Å²) < 4.78 is 10.0. The first kappa shape index (κ1) is 11.4. The van der Waals surface area contributed by atoms with Crippen molar-refractivity contribution in [3.8, 4) is 0 Å². The number of nitrogens with two attached hydrogens (primary N) is 1. The van der Waals surface area contributed by atoms with Gasteiger partial charge in [-0.25, -0.2) is 0 Å². The molecule has 0 aliphatic rings. The number of methoxy groups -OCH3 is 1. The average molecular weight is 174 g/mol. The predicted molar refractivity (Wildman–Crippen MR) is 48.5 cm³/mol. The molecule has 0 bridgehead atoms. The Morgan fingerprint density at radius 2 is 2.00 bits per heavy atom. The van der Waals surface area contributed by atoms with E-state index in [1.807, 2.05) is 0 Å². The van der Waals surface area contributed by atoms with Gasteiger partial charge < -0.3 is 15.2 Å².